The Hall–Kier alpha value is -0.610. The molecule has 3 unspecified atom stereocenters. The fraction of sp³-hybridized carbons (Fsp3) is 0.929. The maximum Gasteiger partial charge on any atom is 0.222 e. The first-order chi connectivity index (χ1) is 8.56. The molecule has 1 aliphatic carbocycles. The fourth-order valence-corrected chi connectivity index (χ4v) is 2.72. The van der Waals surface area contributed by atoms with E-state index in [9.17, 15) is 4.79 Å². The molecule has 0 spiro atoms. The second-order valence-corrected chi connectivity index (χ2v) is 5.73. The second-order valence-electron chi connectivity index (χ2n) is 5.73. The molecule has 1 aliphatic rings. The highest BCUT2D eigenvalue weighted by Gasteiger charge is 2.25. The summed E-state index contributed by atoms with van der Waals surface area (Å²) in [5.74, 6) is 1.53. The summed E-state index contributed by atoms with van der Waals surface area (Å²) >= 11 is 0. The minimum absolute atomic E-state index is 0.0710. The van der Waals surface area contributed by atoms with Crippen LogP contribution in [0.25, 0.3) is 0 Å². The molecule has 0 aromatic rings. The van der Waals surface area contributed by atoms with Crippen molar-refractivity contribution < 1.29 is 9.53 Å². The van der Waals surface area contributed by atoms with Gasteiger partial charge in [-0.3, -0.25) is 4.79 Å². The monoisotopic (exact) mass is 256 g/mol. The number of carbonyl (C=O) groups excluding carboxylic acids is 1. The number of amides is 1. The molecule has 18 heavy (non-hydrogen) atoms. The third-order valence-electron chi connectivity index (χ3n) is 4.03. The molecule has 0 aromatic carbocycles. The summed E-state index contributed by atoms with van der Waals surface area (Å²) in [6.07, 6.45) is 4.95. The number of hydrogen-bond acceptors (Lipinski definition) is 3. The molecule has 0 aliphatic heterocycles. The van der Waals surface area contributed by atoms with Crippen molar-refractivity contribution in [1.29, 1.82) is 0 Å². The molecule has 0 radical (unpaired) electrons. The van der Waals surface area contributed by atoms with E-state index in [4.69, 9.17) is 10.5 Å². The van der Waals surface area contributed by atoms with Gasteiger partial charge in [0.2, 0.25) is 5.91 Å². The van der Waals surface area contributed by atoms with Crippen molar-refractivity contribution in [3.63, 3.8) is 0 Å². The van der Waals surface area contributed by atoms with E-state index >= 15 is 0 Å². The van der Waals surface area contributed by atoms with E-state index in [1.165, 1.54) is 12.8 Å². The molecular weight excluding hydrogens is 228 g/mol. The van der Waals surface area contributed by atoms with Crippen molar-refractivity contribution in [2.24, 2.45) is 17.6 Å². The quantitative estimate of drug-likeness (QED) is 0.760. The van der Waals surface area contributed by atoms with Gasteiger partial charge in [-0.25, -0.2) is 0 Å². The van der Waals surface area contributed by atoms with Crippen molar-refractivity contribution in [2.45, 2.75) is 58.1 Å². The molecule has 3 atom stereocenters. The summed E-state index contributed by atoms with van der Waals surface area (Å²) in [4.78, 5) is 11.9. The van der Waals surface area contributed by atoms with Crippen LogP contribution in [0.2, 0.25) is 0 Å². The van der Waals surface area contributed by atoms with Crippen LogP contribution in [0.5, 0.6) is 0 Å². The van der Waals surface area contributed by atoms with Crippen LogP contribution in [0.3, 0.4) is 0 Å². The topological polar surface area (TPSA) is 64.3 Å². The van der Waals surface area contributed by atoms with E-state index in [-0.39, 0.29) is 12.0 Å². The number of carbonyl (C=O) groups is 1. The minimum Gasteiger partial charge on any atom is -0.380 e. The Morgan fingerprint density at radius 2 is 2.17 bits per heavy atom. The standard InChI is InChI=1S/C14H28N2O2/c1-10(2)11-5-4-6-12(7-11)16-14(17)8-13(9-15)18-3/h10-13H,4-9,15H2,1-3H3,(H,16,17). The Morgan fingerprint density at radius 3 is 2.72 bits per heavy atom. The van der Waals surface area contributed by atoms with Gasteiger partial charge >= 0.3 is 0 Å². The van der Waals surface area contributed by atoms with Crippen LogP contribution >= 0.6 is 0 Å². The maximum absolute atomic E-state index is 11.9. The highest BCUT2D eigenvalue weighted by molar-refractivity contribution is 5.76. The summed E-state index contributed by atoms with van der Waals surface area (Å²) in [5.41, 5.74) is 5.52. The van der Waals surface area contributed by atoms with Crippen molar-refractivity contribution in [3.05, 3.63) is 0 Å². The molecule has 3 N–H and O–H groups in total. The van der Waals surface area contributed by atoms with E-state index in [0.29, 0.717) is 24.9 Å². The molecule has 0 heterocycles. The number of nitrogens with two attached hydrogens (primary N) is 1. The summed E-state index contributed by atoms with van der Waals surface area (Å²) < 4.78 is 5.13. The van der Waals surface area contributed by atoms with Gasteiger partial charge in [0, 0.05) is 19.7 Å². The van der Waals surface area contributed by atoms with Gasteiger partial charge in [0.15, 0.2) is 0 Å². The van der Waals surface area contributed by atoms with Gasteiger partial charge in [-0.05, 0) is 24.7 Å². The lowest BCUT2D eigenvalue weighted by Gasteiger charge is -2.32. The Labute approximate surface area is 111 Å². The predicted octanol–water partition coefficient (Wildman–Crippen LogP) is 1.68. The SMILES string of the molecule is COC(CN)CC(=O)NC1CCCC(C(C)C)C1. The number of rotatable bonds is 6. The molecule has 0 aromatic heterocycles. The van der Waals surface area contributed by atoms with Gasteiger partial charge in [-0.1, -0.05) is 26.7 Å². The van der Waals surface area contributed by atoms with Crippen molar-refractivity contribution in [1.82, 2.24) is 5.32 Å². The number of hydrogen-bond donors (Lipinski definition) is 2. The van der Waals surface area contributed by atoms with Crippen LogP contribution in [0, 0.1) is 11.8 Å². The van der Waals surface area contributed by atoms with E-state index in [1.807, 2.05) is 0 Å². The normalized spacial score (nSPS) is 26.1. The van der Waals surface area contributed by atoms with E-state index in [2.05, 4.69) is 19.2 Å². The highest BCUT2D eigenvalue weighted by atomic mass is 16.5. The Balaban J connectivity index is 2.35. The van der Waals surface area contributed by atoms with Crippen LogP contribution in [-0.2, 0) is 9.53 Å². The zero-order valence-electron chi connectivity index (χ0n) is 11.9. The molecule has 4 nitrogen and oxygen atoms in total. The van der Waals surface area contributed by atoms with Crippen LogP contribution in [0.1, 0.15) is 46.0 Å². The zero-order valence-corrected chi connectivity index (χ0v) is 11.9. The lowest BCUT2D eigenvalue weighted by atomic mass is 9.79. The molecule has 1 saturated carbocycles. The molecule has 1 fully saturated rings. The summed E-state index contributed by atoms with van der Waals surface area (Å²) in [6, 6.07) is 0.342. The third-order valence-corrected chi connectivity index (χ3v) is 4.03. The first kappa shape index (κ1) is 15.4. The van der Waals surface area contributed by atoms with Crippen LogP contribution in [-0.4, -0.2) is 31.7 Å². The first-order valence-electron chi connectivity index (χ1n) is 7.09. The lowest BCUT2D eigenvalue weighted by molar-refractivity contribution is -0.124. The van der Waals surface area contributed by atoms with E-state index in [0.717, 1.165) is 18.8 Å². The largest absolute Gasteiger partial charge is 0.380 e. The van der Waals surface area contributed by atoms with Gasteiger partial charge in [0.05, 0.1) is 12.5 Å². The van der Waals surface area contributed by atoms with Gasteiger partial charge in [-0.2, -0.15) is 0 Å². The van der Waals surface area contributed by atoms with Gasteiger partial charge in [-0.15, -0.1) is 0 Å². The average Bonchev–Trinajstić information content (AvgIpc) is 2.36. The van der Waals surface area contributed by atoms with Crippen LogP contribution < -0.4 is 11.1 Å². The number of ether oxygens (including phenoxy) is 1. The lowest BCUT2D eigenvalue weighted by Crippen LogP contribution is -2.41. The number of nitrogens with one attached hydrogen (secondary N) is 1. The van der Waals surface area contributed by atoms with Gasteiger partial charge < -0.3 is 15.8 Å². The molecular formula is C14H28N2O2. The first-order valence-corrected chi connectivity index (χ1v) is 7.09. The van der Waals surface area contributed by atoms with Crippen LogP contribution in [0.15, 0.2) is 0 Å². The number of methoxy groups -OCH3 is 1. The molecule has 1 amide bonds. The highest BCUT2D eigenvalue weighted by Crippen LogP contribution is 2.29. The molecule has 0 saturated heterocycles. The smallest absolute Gasteiger partial charge is 0.222 e. The third kappa shape index (κ3) is 4.94. The Bertz CT molecular complexity index is 252. The van der Waals surface area contributed by atoms with Crippen molar-refractivity contribution in [3.8, 4) is 0 Å². The average molecular weight is 256 g/mol. The Kier molecular flexibility index (Phi) is 6.65. The summed E-state index contributed by atoms with van der Waals surface area (Å²) in [6.45, 7) is 4.93. The minimum atomic E-state index is -0.158. The van der Waals surface area contributed by atoms with Gasteiger partial charge in [0.25, 0.3) is 0 Å². The summed E-state index contributed by atoms with van der Waals surface area (Å²) in [7, 11) is 1.60. The van der Waals surface area contributed by atoms with Crippen LogP contribution in [0.4, 0.5) is 0 Å². The van der Waals surface area contributed by atoms with Gasteiger partial charge in [0.1, 0.15) is 0 Å². The fourth-order valence-electron chi connectivity index (χ4n) is 2.72. The Morgan fingerprint density at radius 1 is 1.44 bits per heavy atom. The molecule has 4 heteroatoms. The van der Waals surface area contributed by atoms with E-state index in [1.54, 1.807) is 7.11 Å². The van der Waals surface area contributed by atoms with E-state index < -0.39 is 0 Å². The van der Waals surface area contributed by atoms with Crippen molar-refractivity contribution >= 4 is 5.91 Å². The molecule has 106 valence electrons. The second kappa shape index (κ2) is 7.74. The predicted molar refractivity (Wildman–Crippen MR) is 73.2 cm³/mol. The zero-order chi connectivity index (χ0) is 13.5. The van der Waals surface area contributed by atoms with Crippen molar-refractivity contribution in [2.75, 3.05) is 13.7 Å². The summed E-state index contributed by atoms with van der Waals surface area (Å²) in [5, 5.41) is 3.13. The maximum atomic E-state index is 11.9. The molecule has 1 rings (SSSR count). The molecule has 0 bridgehead atoms.